The van der Waals surface area contributed by atoms with Crippen LogP contribution >= 0.6 is 24.8 Å². The summed E-state index contributed by atoms with van der Waals surface area (Å²) in [6, 6.07) is 6.34. The minimum absolute atomic E-state index is 0. The summed E-state index contributed by atoms with van der Waals surface area (Å²) in [5, 5.41) is 5.96. The molecule has 1 unspecified atom stereocenters. The molecule has 7 nitrogen and oxygen atoms in total. The van der Waals surface area contributed by atoms with Gasteiger partial charge in [-0.1, -0.05) is 13.0 Å². The van der Waals surface area contributed by atoms with Gasteiger partial charge in [0.15, 0.2) is 0 Å². The molecule has 154 valence electrons. The van der Waals surface area contributed by atoms with Gasteiger partial charge in [0, 0.05) is 31.9 Å². The molecule has 2 N–H and O–H groups in total. The average molecular weight is 439 g/mol. The van der Waals surface area contributed by atoms with E-state index in [4.69, 9.17) is 0 Å². The van der Waals surface area contributed by atoms with Gasteiger partial charge in [0.05, 0.1) is 10.9 Å². The molecule has 2 aliphatic rings. The van der Waals surface area contributed by atoms with E-state index < -0.39 is 10.0 Å². The summed E-state index contributed by atoms with van der Waals surface area (Å²) in [7, 11) is -3.53. The van der Waals surface area contributed by atoms with Crippen molar-refractivity contribution in [3.8, 4) is 0 Å². The summed E-state index contributed by atoms with van der Waals surface area (Å²) in [5.41, 5.74) is 0.520. The number of nitrogens with one attached hydrogen (secondary N) is 2. The Morgan fingerprint density at radius 2 is 1.93 bits per heavy atom. The van der Waals surface area contributed by atoms with Crippen LogP contribution in [0.2, 0.25) is 0 Å². The van der Waals surface area contributed by atoms with Crippen LogP contribution in [-0.2, 0) is 14.8 Å². The first kappa shape index (κ1) is 24.1. The zero-order valence-corrected chi connectivity index (χ0v) is 17.8. The van der Waals surface area contributed by atoms with Crippen molar-refractivity contribution >= 4 is 46.4 Å². The summed E-state index contributed by atoms with van der Waals surface area (Å²) >= 11 is 0. The number of likely N-dealkylation sites (N-methyl/N-ethyl adjacent to an activating group) is 1. The highest BCUT2D eigenvalue weighted by Crippen LogP contribution is 2.21. The van der Waals surface area contributed by atoms with Crippen molar-refractivity contribution in [2.45, 2.75) is 30.7 Å². The molecule has 0 bridgehead atoms. The second kappa shape index (κ2) is 10.6. The molecule has 1 atom stereocenters. The lowest BCUT2D eigenvalue weighted by Gasteiger charge is -2.33. The highest BCUT2D eigenvalue weighted by Gasteiger charge is 2.28. The standard InChI is InChI=1S/C17H26N4O3S.2ClH/c1-2-20-9-11-21(12-10-20)25(23,24)15-6-3-5-14(13-15)19-17(22)16-7-4-8-18-16;;/h3,5-6,13,16,18H,2,4,7-12H2,1H3,(H,19,22);2*1H. The highest BCUT2D eigenvalue weighted by atomic mass is 35.5. The van der Waals surface area contributed by atoms with Gasteiger partial charge in [-0.3, -0.25) is 4.79 Å². The molecule has 0 spiro atoms. The monoisotopic (exact) mass is 438 g/mol. The molecule has 3 rings (SSSR count). The van der Waals surface area contributed by atoms with Gasteiger partial charge < -0.3 is 15.5 Å². The second-order valence-corrected chi connectivity index (χ2v) is 8.44. The Labute approximate surface area is 173 Å². The van der Waals surface area contributed by atoms with Crippen LogP contribution in [-0.4, -0.2) is 68.8 Å². The van der Waals surface area contributed by atoms with Gasteiger partial charge in [0.1, 0.15) is 0 Å². The molecular formula is C17H28Cl2N4O3S. The lowest BCUT2D eigenvalue weighted by atomic mass is 10.2. The van der Waals surface area contributed by atoms with Crippen molar-refractivity contribution in [2.24, 2.45) is 0 Å². The van der Waals surface area contributed by atoms with Gasteiger partial charge in [-0.05, 0) is 44.1 Å². The predicted octanol–water partition coefficient (Wildman–Crippen LogP) is 1.55. The van der Waals surface area contributed by atoms with E-state index in [1.54, 1.807) is 24.3 Å². The summed E-state index contributed by atoms with van der Waals surface area (Å²) in [4.78, 5) is 14.7. The third-order valence-electron chi connectivity index (χ3n) is 4.89. The number of halogens is 2. The first-order valence-electron chi connectivity index (χ1n) is 8.87. The number of carbonyl (C=O) groups excluding carboxylic acids is 1. The SMILES string of the molecule is CCN1CCN(S(=O)(=O)c2cccc(NC(=O)C3CCCN3)c2)CC1.Cl.Cl. The zero-order chi connectivity index (χ0) is 17.9. The normalized spacial score (nSPS) is 21.1. The van der Waals surface area contributed by atoms with E-state index in [2.05, 4.69) is 22.5 Å². The first-order valence-corrected chi connectivity index (χ1v) is 10.3. The minimum Gasteiger partial charge on any atom is -0.325 e. The number of nitrogens with zero attached hydrogens (tertiary/aromatic N) is 2. The molecule has 10 heteroatoms. The van der Waals surface area contributed by atoms with Crippen LogP contribution < -0.4 is 10.6 Å². The maximum Gasteiger partial charge on any atom is 0.243 e. The summed E-state index contributed by atoms with van der Waals surface area (Å²) < 4.78 is 27.2. The molecule has 2 saturated heterocycles. The first-order chi connectivity index (χ1) is 12.0. The number of piperazine rings is 1. The van der Waals surface area contributed by atoms with Crippen molar-refractivity contribution in [1.82, 2.24) is 14.5 Å². The maximum atomic E-state index is 12.9. The van der Waals surface area contributed by atoms with Gasteiger partial charge >= 0.3 is 0 Å². The van der Waals surface area contributed by atoms with E-state index in [0.29, 0.717) is 18.8 Å². The Morgan fingerprint density at radius 1 is 1.22 bits per heavy atom. The van der Waals surface area contributed by atoms with E-state index in [9.17, 15) is 13.2 Å². The molecular weight excluding hydrogens is 411 g/mol. The zero-order valence-electron chi connectivity index (χ0n) is 15.4. The highest BCUT2D eigenvalue weighted by molar-refractivity contribution is 7.89. The number of carbonyl (C=O) groups is 1. The van der Waals surface area contributed by atoms with E-state index in [1.807, 2.05) is 0 Å². The summed E-state index contributed by atoms with van der Waals surface area (Å²) in [5.74, 6) is -0.108. The number of benzene rings is 1. The third kappa shape index (κ3) is 5.79. The van der Waals surface area contributed by atoms with E-state index in [1.165, 1.54) is 4.31 Å². The molecule has 2 heterocycles. The van der Waals surface area contributed by atoms with Gasteiger partial charge in [-0.2, -0.15) is 4.31 Å². The number of hydrogen-bond acceptors (Lipinski definition) is 5. The van der Waals surface area contributed by atoms with E-state index in [-0.39, 0.29) is 41.7 Å². The van der Waals surface area contributed by atoms with Crippen LogP contribution in [0.3, 0.4) is 0 Å². The molecule has 2 fully saturated rings. The Morgan fingerprint density at radius 3 is 2.52 bits per heavy atom. The van der Waals surface area contributed by atoms with Crippen molar-refractivity contribution in [3.63, 3.8) is 0 Å². The van der Waals surface area contributed by atoms with Crippen LogP contribution in [0.25, 0.3) is 0 Å². The van der Waals surface area contributed by atoms with Gasteiger partial charge in [0.2, 0.25) is 15.9 Å². The molecule has 1 aromatic rings. The van der Waals surface area contributed by atoms with Crippen LogP contribution in [0.5, 0.6) is 0 Å². The maximum absolute atomic E-state index is 12.9. The van der Waals surface area contributed by atoms with Crippen molar-refractivity contribution in [2.75, 3.05) is 44.6 Å². The van der Waals surface area contributed by atoms with Gasteiger partial charge in [0.25, 0.3) is 0 Å². The average Bonchev–Trinajstić information content (AvgIpc) is 3.17. The van der Waals surface area contributed by atoms with Crippen molar-refractivity contribution < 1.29 is 13.2 Å². The van der Waals surface area contributed by atoms with Crippen molar-refractivity contribution in [3.05, 3.63) is 24.3 Å². The second-order valence-electron chi connectivity index (χ2n) is 6.50. The van der Waals surface area contributed by atoms with Crippen molar-refractivity contribution in [1.29, 1.82) is 0 Å². The van der Waals surface area contributed by atoms with E-state index in [0.717, 1.165) is 39.0 Å². The van der Waals surface area contributed by atoms with Crippen LogP contribution in [0.15, 0.2) is 29.2 Å². The number of anilines is 1. The summed E-state index contributed by atoms with van der Waals surface area (Å²) in [6.45, 7) is 6.35. The Bertz CT molecular complexity index is 719. The fourth-order valence-electron chi connectivity index (χ4n) is 3.31. The Hall–Kier alpha value is -0.900. The molecule has 2 aliphatic heterocycles. The quantitative estimate of drug-likeness (QED) is 0.728. The third-order valence-corrected chi connectivity index (χ3v) is 6.79. The van der Waals surface area contributed by atoms with Gasteiger partial charge in [-0.15, -0.1) is 24.8 Å². The van der Waals surface area contributed by atoms with Crippen LogP contribution in [0.4, 0.5) is 5.69 Å². The van der Waals surface area contributed by atoms with Crippen LogP contribution in [0, 0.1) is 0 Å². The number of amides is 1. The lowest BCUT2D eigenvalue weighted by molar-refractivity contribution is -0.117. The lowest BCUT2D eigenvalue weighted by Crippen LogP contribution is -2.48. The van der Waals surface area contributed by atoms with E-state index >= 15 is 0 Å². The van der Waals surface area contributed by atoms with Crippen LogP contribution in [0.1, 0.15) is 19.8 Å². The molecule has 0 aromatic heterocycles. The molecule has 1 amide bonds. The van der Waals surface area contributed by atoms with Gasteiger partial charge in [-0.25, -0.2) is 8.42 Å². The molecule has 0 aliphatic carbocycles. The molecule has 1 aromatic carbocycles. The number of sulfonamides is 1. The Kier molecular flexibility index (Phi) is 9.47. The smallest absolute Gasteiger partial charge is 0.243 e. The Balaban J connectivity index is 0.00000182. The predicted molar refractivity (Wildman–Crippen MR) is 111 cm³/mol. The topological polar surface area (TPSA) is 81.8 Å². The number of rotatable bonds is 5. The summed E-state index contributed by atoms with van der Waals surface area (Å²) in [6.07, 6.45) is 1.79. The largest absolute Gasteiger partial charge is 0.325 e. The fraction of sp³-hybridized carbons (Fsp3) is 0.588. The molecule has 0 saturated carbocycles. The molecule has 0 radical (unpaired) electrons. The molecule has 27 heavy (non-hydrogen) atoms. The number of hydrogen-bond donors (Lipinski definition) is 2. The minimum atomic E-state index is -3.53. The fourth-order valence-corrected chi connectivity index (χ4v) is 4.78.